The predicted molar refractivity (Wildman–Crippen MR) is 143 cm³/mol. The molecular formula is C29H38NO2P. The minimum atomic E-state index is -0.0500. The van der Waals surface area contributed by atoms with Crippen LogP contribution in [0.15, 0.2) is 66.7 Å². The molecule has 0 aliphatic carbocycles. The van der Waals surface area contributed by atoms with Gasteiger partial charge < -0.3 is 14.4 Å². The molecular weight excluding hydrogens is 425 g/mol. The van der Waals surface area contributed by atoms with Gasteiger partial charge in [-0.1, -0.05) is 82.9 Å². The first-order valence-corrected chi connectivity index (χ1v) is 12.7. The first-order valence-electron chi connectivity index (χ1n) is 11.7. The van der Waals surface area contributed by atoms with Crippen LogP contribution in [0, 0.1) is 6.92 Å². The van der Waals surface area contributed by atoms with E-state index in [2.05, 4.69) is 94.4 Å². The smallest absolute Gasteiger partial charge is 0.124 e. The van der Waals surface area contributed by atoms with Crippen molar-refractivity contribution in [3.05, 3.63) is 89.0 Å². The van der Waals surface area contributed by atoms with Crippen LogP contribution in [0.5, 0.6) is 11.5 Å². The van der Waals surface area contributed by atoms with Gasteiger partial charge in [0.15, 0.2) is 0 Å². The molecule has 3 aromatic rings. The maximum Gasteiger partial charge on any atom is 0.124 e. The van der Waals surface area contributed by atoms with E-state index >= 15 is 0 Å². The molecule has 33 heavy (non-hydrogen) atoms. The lowest BCUT2D eigenvalue weighted by atomic mass is 9.94. The maximum atomic E-state index is 6.41. The third-order valence-electron chi connectivity index (χ3n) is 5.93. The predicted octanol–water partition coefficient (Wildman–Crippen LogP) is 6.66. The molecule has 0 saturated heterocycles. The number of hydrogen-bond donors (Lipinski definition) is 0. The molecule has 0 aliphatic rings. The van der Waals surface area contributed by atoms with E-state index in [9.17, 15) is 0 Å². The zero-order chi connectivity index (χ0) is 23.8. The van der Waals surface area contributed by atoms with Gasteiger partial charge in [-0.2, -0.15) is 0 Å². The third-order valence-corrected chi connectivity index (χ3v) is 7.75. The molecule has 0 amide bonds. The molecule has 0 fully saturated rings. The van der Waals surface area contributed by atoms with Crippen molar-refractivity contribution in [2.75, 3.05) is 21.2 Å². The largest absolute Gasteiger partial charge is 0.497 e. The van der Waals surface area contributed by atoms with Crippen LogP contribution in [-0.2, 0) is 18.3 Å². The lowest BCUT2D eigenvalue weighted by molar-refractivity contribution is 0.298. The number of hydrogen-bond acceptors (Lipinski definition) is 3. The van der Waals surface area contributed by atoms with E-state index in [1.165, 1.54) is 27.6 Å². The summed E-state index contributed by atoms with van der Waals surface area (Å²) in [5, 5.41) is 1.38. The molecule has 0 saturated carbocycles. The van der Waals surface area contributed by atoms with Gasteiger partial charge in [-0.15, -0.1) is 0 Å². The molecule has 3 rings (SSSR count). The van der Waals surface area contributed by atoms with E-state index in [0.717, 1.165) is 30.9 Å². The van der Waals surface area contributed by atoms with E-state index in [-0.39, 0.29) is 5.16 Å². The van der Waals surface area contributed by atoms with Crippen molar-refractivity contribution in [3.63, 3.8) is 0 Å². The number of rotatable bonds is 11. The fourth-order valence-corrected chi connectivity index (χ4v) is 6.08. The molecule has 0 aliphatic heterocycles. The third kappa shape index (κ3) is 6.82. The molecule has 3 aromatic carbocycles. The van der Waals surface area contributed by atoms with Crippen molar-refractivity contribution < 1.29 is 9.47 Å². The normalized spacial score (nSPS) is 13.4. The Bertz CT molecular complexity index is 1040. The van der Waals surface area contributed by atoms with Crippen LogP contribution in [-0.4, -0.2) is 26.1 Å². The summed E-state index contributed by atoms with van der Waals surface area (Å²) in [6, 6.07) is 23.5. The standard InChI is InChI=1S/C29H38NO2P/c1-7-17-29(3,33-28-16-13-22(2)18-24(28)20-30(4)5)26-19-25(31-6)14-15-27(26)32-21-23-11-9-8-10-12-23/h8-16,18-19,33H,7,17,20-21H2,1-6H3. The molecule has 0 radical (unpaired) electrons. The summed E-state index contributed by atoms with van der Waals surface area (Å²) in [5.74, 6) is 1.82. The Morgan fingerprint density at radius 1 is 0.970 bits per heavy atom. The van der Waals surface area contributed by atoms with Crippen molar-refractivity contribution in [2.24, 2.45) is 0 Å². The maximum absolute atomic E-state index is 6.41. The van der Waals surface area contributed by atoms with Gasteiger partial charge in [0.2, 0.25) is 0 Å². The molecule has 176 valence electrons. The van der Waals surface area contributed by atoms with E-state index in [0.29, 0.717) is 15.2 Å². The van der Waals surface area contributed by atoms with Crippen LogP contribution in [0.4, 0.5) is 0 Å². The highest BCUT2D eigenvalue weighted by molar-refractivity contribution is 7.48. The van der Waals surface area contributed by atoms with Crippen molar-refractivity contribution in [2.45, 2.75) is 51.9 Å². The number of benzene rings is 3. The summed E-state index contributed by atoms with van der Waals surface area (Å²) < 4.78 is 12.0. The summed E-state index contributed by atoms with van der Waals surface area (Å²) in [7, 11) is 6.64. The topological polar surface area (TPSA) is 21.7 Å². The van der Waals surface area contributed by atoms with Gasteiger partial charge in [-0.3, -0.25) is 0 Å². The average Bonchev–Trinajstić information content (AvgIpc) is 2.80. The first kappa shape index (κ1) is 25.3. The molecule has 0 spiro atoms. The SMILES string of the molecule is CCCC(C)(Pc1ccc(C)cc1CN(C)C)c1cc(OC)ccc1OCc1ccccc1. The Morgan fingerprint density at radius 3 is 2.39 bits per heavy atom. The second-order valence-corrected chi connectivity index (χ2v) is 11.1. The van der Waals surface area contributed by atoms with Gasteiger partial charge in [0.05, 0.1) is 7.11 Å². The second kappa shape index (κ2) is 11.7. The van der Waals surface area contributed by atoms with Gasteiger partial charge in [0, 0.05) is 17.3 Å². The Kier molecular flexibility index (Phi) is 8.95. The molecule has 0 N–H and O–H groups in total. The van der Waals surface area contributed by atoms with Crippen LogP contribution < -0.4 is 14.8 Å². The first-order chi connectivity index (χ1) is 15.8. The average molecular weight is 464 g/mol. The highest BCUT2D eigenvalue weighted by Gasteiger charge is 2.31. The van der Waals surface area contributed by atoms with Crippen LogP contribution in [0.2, 0.25) is 0 Å². The monoisotopic (exact) mass is 463 g/mol. The van der Waals surface area contributed by atoms with Gasteiger partial charge >= 0.3 is 0 Å². The zero-order valence-corrected chi connectivity index (χ0v) is 21.9. The lowest BCUT2D eigenvalue weighted by Gasteiger charge is -2.33. The Hall–Kier alpha value is -2.35. The van der Waals surface area contributed by atoms with Crippen molar-refractivity contribution in [1.29, 1.82) is 0 Å². The molecule has 3 nitrogen and oxygen atoms in total. The Labute approximate surface area is 201 Å². The minimum Gasteiger partial charge on any atom is -0.497 e. The highest BCUT2D eigenvalue weighted by atomic mass is 31.1. The molecule has 4 heteroatoms. The summed E-state index contributed by atoms with van der Waals surface area (Å²) in [6.07, 6.45) is 2.18. The van der Waals surface area contributed by atoms with Crippen LogP contribution in [0.25, 0.3) is 0 Å². The van der Waals surface area contributed by atoms with Crippen molar-refractivity contribution >= 4 is 13.9 Å². The second-order valence-electron chi connectivity index (χ2n) is 9.24. The van der Waals surface area contributed by atoms with Crippen LogP contribution >= 0.6 is 8.58 Å². The number of nitrogens with zero attached hydrogens (tertiary/aromatic N) is 1. The van der Waals surface area contributed by atoms with Crippen LogP contribution in [0.1, 0.15) is 48.9 Å². The Morgan fingerprint density at radius 2 is 1.73 bits per heavy atom. The van der Waals surface area contributed by atoms with Crippen molar-refractivity contribution in [1.82, 2.24) is 4.90 Å². The molecule has 0 bridgehead atoms. The Balaban J connectivity index is 2.00. The summed E-state index contributed by atoms with van der Waals surface area (Å²) in [4.78, 5) is 2.25. The quantitative estimate of drug-likeness (QED) is 0.297. The minimum absolute atomic E-state index is 0.0500. The van der Waals surface area contributed by atoms with E-state index in [1.54, 1.807) is 7.11 Å². The van der Waals surface area contributed by atoms with Gasteiger partial charge in [-0.05, 0) is 62.1 Å². The molecule has 0 heterocycles. The van der Waals surface area contributed by atoms with E-state index in [4.69, 9.17) is 9.47 Å². The fourth-order valence-electron chi connectivity index (χ4n) is 4.31. The fraction of sp³-hybridized carbons (Fsp3) is 0.379. The van der Waals surface area contributed by atoms with Gasteiger partial charge in [0.1, 0.15) is 18.1 Å². The van der Waals surface area contributed by atoms with E-state index in [1.807, 2.05) is 12.1 Å². The summed E-state index contributed by atoms with van der Waals surface area (Å²) in [6.45, 7) is 8.33. The number of ether oxygens (including phenoxy) is 2. The summed E-state index contributed by atoms with van der Waals surface area (Å²) in [5.41, 5.74) is 5.13. The molecule has 0 aromatic heterocycles. The van der Waals surface area contributed by atoms with Gasteiger partial charge in [-0.25, -0.2) is 0 Å². The molecule has 2 atom stereocenters. The lowest BCUT2D eigenvalue weighted by Crippen LogP contribution is -2.24. The summed E-state index contributed by atoms with van der Waals surface area (Å²) >= 11 is 0. The van der Waals surface area contributed by atoms with Crippen LogP contribution in [0.3, 0.4) is 0 Å². The van der Waals surface area contributed by atoms with Gasteiger partial charge in [0.25, 0.3) is 0 Å². The number of aryl methyl sites for hydroxylation is 1. The van der Waals surface area contributed by atoms with E-state index < -0.39 is 0 Å². The highest BCUT2D eigenvalue weighted by Crippen LogP contribution is 2.49. The number of methoxy groups -OCH3 is 1. The zero-order valence-electron chi connectivity index (χ0n) is 20.9. The van der Waals surface area contributed by atoms with Crippen molar-refractivity contribution in [3.8, 4) is 11.5 Å². The molecule has 2 unspecified atom stereocenters.